The lowest BCUT2D eigenvalue weighted by Gasteiger charge is -2.38. The van der Waals surface area contributed by atoms with E-state index in [4.69, 9.17) is 4.43 Å². The topological polar surface area (TPSA) is 18.5 Å². The van der Waals surface area contributed by atoms with Gasteiger partial charge in [-0.05, 0) is 12.6 Å². The minimum Gasteiger partial charge on any atom is -0.398 e. The molecule has 28 heavy (non-hydrogen) atoms. The Morgan fingerprint density at radius 1 is 0.857 bits per heavy atom. The van der Waals surface area contributed by atoms with Gasteiger partial charge >= 0.3 is 38.4 Å². The average Bonchev–Trinajstić information content (AvgIpc) is 2.51. The summed E-state index contributed by atoms with van der Waals surface area (Å²) >= 11 is 0. The molecule has 0 spiro atoms. The molecule has 0 aromatic carbocycles. The molecular weight excluding hydrogens is 444 g/mol. The van der Waals surface area contributed by atoms with E-state index in [2.05, 4.69) is 4.43 Å². The smallest absolute Gasteiger partial charge is 0.392 e. The molecular formula is C13H18F12O2Si. The molecule has 0 saturated carbocycles. The molecule has 15 heteroatoms. The summed E-state index contributed by atoms with van der Waals surface area (Å²) in [6.45, 7) is 0.147. The van der Waals surface area contributed by atoms with Crippen LogP contribution in [0.4, 0.5) is 52.7 Å². The second kappa shape index (κ2) is 8.58. The molecule has 2 unspecified atom stereocenters. The van der Waals surface area contributed by atoms with Crippen LogP contribution in [0.1, 0.15) is 19.8 Å². The molecule has 0 N–H and O–H groups in total. The molecule has 0 aliphatic carbocycles. The standard InChI is InChI=1S/C13H18F12O2Si/c1-4-5-28(3,26-2)27-7-9(15,16)12(22,23)13(24,25)11(20,21)8(14)6-10(17,18)19/h8H,4-7H2,1-3H3. The number of alkyl halides is 12. The maximum atomic E-state index is 13.7. The predicted molar refractivity (Wildman–Crippen MR) is 75.0 cm³/mol. The summed E-state index contributed by atoms with van der Waals surface area (Å²) in [5.41, 5.74) is 0. The third-order valence-corrected chi connectivity index (χ3v) is 6.80. The van der Waals surface area contributed by atoms with E-state index in [0.29, 0.717) is 0 Å². The zero-order chi connectivity index (χ0) is 22.8. The van der Waals surface area contributed by atoms with Crippen LogP contribution in [-0.4, -0.2) is 58.3 Å². The highest BCUT2D eigenvalue weighted by molar-refractivity contribution is 6.65. The third kappa shape index (κ3) is 5.68. The maximum Gasteiger partial charge on any atom is 0.392 e. The molecule has 0 rings (SSSR count). The first-order valence-electron chi connectivity index (χ1n) is 7.62. The molecule has 0 radical (unpaired) electrons. The van der Waals surface area contributed by atoms with Crippen LogP contribution >= 0.6 is 0 Å². The zero-order valence-electron chi connectivity index (χ0n) is 14.8. The van der Waals surface area contributed by atoms with Crippen LogP contribution in [0.2, 0.25) is 12.6 Å². The molecule has 0 heterocycles. The van der Waals surface area contributed by atoms with Crippen molar-refractivity contribution in [2.75, 3.05) is 13.7 Å². The lowest BCUT2D eigenvalue weighted by atomic mass is 9.94. The molecule has 0 saturated heterocycles. The van der Waals surface area contributed by atoms with Gasteiger partial charge in [0.05, 0.1) is 6.42 Å². The van der Waals surface area contributed by atoms with E-state index < -0.39 is 57.6 Å². The van der Waals surface area contributed by atoms with Crippen molar-refractivity contribution in [3.8, 4) is 0 Å². The first-order valence-corrected chi connectivity index (χ1v) is 10.1. The van der Waals surface area contributed by atoms with Gasteiger partial charge in [0.1, 0.15) is 6.61 Å². The Morgan fingerprint density at radius 3 is 1.68 bits per heavy atom. The van der Waals surface area contributed by atoms with Crippen LogP contribution in [0.3, 0.4) is 0 Å². The van der Waals surface area contributed by atoms with E-state index in [1.165, 1.54) is 6.92 Å². The number of hydrogen-bond acceptors (Lipinski definition) is 2. The second-order valence-electron chi connectivity index (χ2n) is 6.14. The fourth-order valence-electron chi connectivity index (χ4n) is 1.99. The molecule has 0 aliphatic heterocycles. The number of halogens is 12. The SMILES string of the molecule is CCC[Si](C)(OC)OCC(F)(F)C(F)(F)C(F)(F)C(F)(F)C(F)CC(F)(F)F. The molecule has 0 aromatic rings. The van der Waals surface area contributed by atoms with Crippen LogP contribution in [0.25, 0.3) is 0 Å². The van der Waals surface area contributed by atoms with Crippen molar-refractivity contribution in [3.63, 3.8) is 0 Å². The van der Waals surface area contributed by atoms with Gasteiger partial charge in [-0.2, -0.15) is 48.3 Å². The van der Waals surface area contributed by atoms with Gasteiger partial charge in [-0.15, -0.1) is 0 Å². The van der Waals surface area contributed by atoms with Crippen molar-refractivity contribution in [3.05, 3.63) is 0 Å². The Morgan fingerprint density at radius 2 is 1.32 bits per heavy atom. The first kappa shape index (κ1) is 27.3. The van der Waals surface area contributed by atoms with Crippen LogP contribution in [0.15, 0.2) is 0 Å². The van der Waals surface area contributed by atoms with E-state index in [1.54, 1.807) is 0 Å². The predicted octanol–water partition coefficient (Wildman–Crippen LogP) is 5.96. The second-order valence-corrected chi connectivity index (χ2v) is 9.60. The van der Waals surface area contributed by atoms with Crippen LogP contribution in [0.5, 0.6) is 0 Å². The van der Waals surface area contributed by atoms with E-state index >= 15 is 0 Å². The minimum absolute atomic E-state index is 0.0458. The summed E-state index contributed by atoms with van der Waals surface area (Å²) in [4.78, 5) is 0. The van der Waals surface area contributed by atoms with Crippen LogP contribution in [0, 0.1) is 0 Å². The van der Waals surface area contributed by atoms with Crippen molar-refractivity contribution in [2.24, 2.45) is 0 Å². The molecule has 170 valence electrons. The van der Waals surface area contributed by atoms with Crippen molar-refractivity contribution >= 4 is 8.56 Å². The first-order chi connectivity index (χ1) is 12.2. The summed E-state index contributed by atoms with van der Waals surface area (Å²) in [6, 6.07) is -0.0458. The van der Waals surface area contributed by atoms with Gasteiger partial charge < -0.3 is 8.85 Å². The van der Waals surface area contributed by atoms with E-state index in [0.717, 1.165) is 13.7 Å². The number of hydrogen-bond donors (Lipinski definition) is 0. The Balaban J connectivity index is 5.71. The zero-order valence-corrected chi connectivity index (χ0v) is 15.8. The van der Waals surface area contributed by atoms with Crippen LogP contribution in [-0.2, 0) is 8.85 Å². The maximum absolute atomic E-state index is 13.7. The highest BCUT2D eigenvalue weighted by Crippen LogP contribution is 2.55. The quantitative estimate of drug-likeness (QED) is 0.279. The molecule has 0 amide bonds. The summed E-state index contributed by atoms with van der Waals surface area (Å²) in [7, 11) is -2.58. The highest BCUT2D eigenvalue weighted by Gasteiger charge is 2.82. The average molecular weight is 462 g/mol. The third-order valence-electron chi connectivity index (χ3n) is 3.77. The fourth-order valence-corrected chi connectivity index (χ4v) is 3.85. The monoisotopic (exact) mass is 462 g/mol. The summed E-state index contributed by atoms with van der Waals surface area (Å²) in [6.07, 6.45) is -13.6. The summed E-state index contributed by atoms with van der Waals surface area (Å²) in [5.74, 6) is -26.8. The van der Waals surface area contributed by atoms with Gasteiger partial charge in [-0.25, -0.2) is 4.39 Å². The van der Waals surface area contributed by atoms with Gasteiger partial charge in [-0.3, -0.25) is 0 Å². The summed E-state index contributed by atoms with van der Waals surface area (Å²) in [5, 5.41) is 0. The van der Waals surface area contributed by atoms with Gasteiger partial charge in [0, 0.05) is 7.11 Å². The van der Waals surface area contributed by atoms with Gasteiger partial charge in [-0.1, -0.05) is 13.3 Å². The summed E-state index contributed by atoms with van der Waals surface area (Å²) < 4.78 is 166. The molecule has 2 nitrogen and oxygen atoms in total. The molecule has 2 atom stereocenters. The fraction of sp³-hybridized carbons (Fsp3) is 1.00. The Labute approximate surface area is 153 Å². The van der Waals surface area contributed by atoms with Crippen molar-refractivity contribution in [2.45, 2.75) is 68.4 Å². The van der Waals surface area contributed by atoms with E-state index in [-0.39, 0.29) is 12.5 Å². The van der Waals surface area contributed by atoms with E-state index in [9.17, 15) is 52.7 Å². The molecule has 0 bridgehead atoms. The Bertz CT molecular complexity index is 510. The van der Waals surface area contributed by atoms with Crippen molar-refractivity contribution in [1.82, 2.24) is 0 Å². The highest BCUT2D eigenvalue weighted by atomic mass is 28.4. The lowest BCUT2D eigenvalue weighted by molar-refractivity contribution is -0.381. The van der Waals surface area contributed by atoms with Crippen molar-refractivity contribution in [1.29, 1.82) is 0 Å². The normalized spacial score (nSPS) is 18.1. The van der Waals surface area contributed by atoms with Crippen molar-refractivity contribution < 1.29 is 61.5 Å². The molecule has 0 aromatic heterocycles. The van der Waals surface area contributed by atoms with Gasteiger partial charge in [0.15, 0.2) is 6.17 Å². The van der Waals surface area contributed by atoms with E-state index in [1.807, 2.05) is 0 Å². The Hall–Kier alpha value is -0.703. The number of rotatable bonds is 11. The largest absolute Gasteiger partial charge is 0.398 e. The van der Waals surface area contributed by atoms with Gasteiger partial charge in [0.2, 0.25) is 0 Å². The molecule has 0 aliphatic rings. The Kier molecular flexibility index (Phi) is 8.36. The lowest BCUT2D eigenvalue weighted by Crippen LogP contribution is -2.66. The van der Waals surface area contributed by atoms with Gasteiger partial charge in [0.25, 0.3) is 0 Å². The minimum atomic E-state index is -7.16. The molecule has 0 fully saturated rings. The van der Waals surface area contributed by atoms with Crippen LogP contribution < -0.4 is 0 Å².